The Bertz CT molecular complexity index is 815. The SMILES string of the molecule is CCC(CC)c1cc(CNC(=NC)NC2CC(C)(C)Oc3ccccc32)on1.I. The number of para-hydroxylation sites is 1. The van der Waals surface area contributed by atoms with Gasteiger partial charge in [-0.1, -0.05) is 37.2 Å². The molecule has 1 aliphatic heterocycles. The Hall–Kier alpha value is -1.77. The minimum absolute atomic E-state index is 0. The number of guanidine groups is 1. The molecule has 0 amide bonds. The average molecular weight is 512 g/mol. The number of benzene rings is 1. The van der Waals surface area contributed by atoms with Crippen LogP contribution in [0.15, 0.2) is 39.8 Å². The summed E-state index contributed by atoms with van der Waals surface area (Å²) in [5.74, 6) is 2.93. The van der Waals surface area contributed by atoms with Crippen LogP contribution in [0.25, 0.3) is 0 Å². The molecule has 1 atom stereocenters. The Morgan fingerprint density at radius 3 is 2.69 bits per heavy atom. The van der Waals surface area contributed by atoms with Crippen LogP contribution in [-0.4, -0.2) is 23.8 Å². The molecule has 0 radical (unpaired) electrons. The minimum Gasteiger partial charge on any atom is -0.487 e. The molecule has 2 N–H and O–H groups in total. The highest BCUT2D eigenvalue weighted by molar-refractivity contribution is 14.0. The normalized spacial score (nSPS) is 17.9. The molecule has 2 aromatic rings. The van der Waals surface area contributed by atoms with Crippen molar-refractivity contribution in [2.24, 2.45) is 4.99 Å². The van der Waals surface area contributed by atoms with E-state index in [-0.39, 0.29) is 35.6 Å². The molecule has 7 heteroatoms. The van der Waals surface area contributed by atoms with Gasteiger partial charge in [0, 0.05) is 31.0 Å². The van der Waals surface area contributed by atoms with Crippen LogP contribution in [0.5, 0.6) is 5.75 Å². The Balaban J connectivity index is 0.00000300. The lowest BCUT2D eigenvalue weighted by Crippen LogP contribution is -2.45. The van der Waals surface area contributed by atoms with Crippen LogP contribution in [0.3, 0.4) is 0 Å². The van der Waals surface area contributed by atoms with Crippen molar-refractivity contribution in [1.82, 2.24) is 15.8 Å². The molecule has 0 spiro atoms. The molecular weight excluding hydrogens is 479 g/mol. The fraction of sp³-hybridized carbons (Fsp3) is 0.545. The Morgan fingerprint density at radius 2 is 2.00 bits per heavy atom. The standard InChI is InChI=1S/C22H32N4O2.HI/c1-6-15(7-2)18-12-16(28-26-18)14-24-21(23-5)25-19-13-22(3,4)27-20-11-9-8-10-17(19)20;/h8-12,15,19H,6-7,13-14H2,1-5H3,(H2,23,24,25);1H. The molecule has 0 fully saturated rings. The molecule has 1 unspecified atom stereocenters. The topological polar surface area (TPSA) is 71.7 Å². The van der Waals surface area contributed by atoms with Gasteiger partial charge in [-0.15, -0.1) is 24.0 Å². The monoisotopic (exact) mass is 512 g/mol. The number of ether oxygens (including phenoxy) is 1. The zero-order valence-corrected chi connectivity index (χ0v) is 20.3. The fourth-order valence-corrected chi connectivity index (χ4v) is 3.77. The van der Waals surface area contributed by atoms with Gasteiger partial charge in [0.1, 0.15) is 11.4 Å². The number of halogens is 1. The van der Waals surface area contributed by atoms with Crippen molar-refractivity contribution < 1.29 is 9.26 Å². The van der Waals surface area contributed by atoms with Crippen molar-refractivity contribution >= 4 is 29.9 Å². The molecule has 1 aromatic carbocycles. The number of fused-ring (bicyclic) bond motifs is 1. The van der Waals surface area contributed by atoms with Crippen molar-refractivity contribution in [3.63, 3.8) is 0 Å². The Labute approximate surface area is 190 Å². The van der Waals surface area contributed by atoms with Gasteiger partial charge in [0.25, 0.3) is 0 Å². The van der Waals surface area contributed by atoms with E-state index in [1.807, 2.05) is 24.3 Å². The van der Waals surface area contributed by atoms with Crippen LogP contribution in [-0.2, 0) is 6.54 Å². The van der Waals surface area contributed by atoms with Gasteiger partial charge in [-0.25, -0.2) is 0 Å². The van der Waals surface area contributed by atoms with E-state index in [1.54, 1.807) is 7.05 Å². The molecule has 1 aliphatic rings. The summed E-state index contributed by atoms with van der Waals surface area (Å²) >= 11 is 0. The summed E-state index contributed by atoms with van der Waals surface area (Å²) in [6, 6.07) is 10.3. The first-order chi connectivity index (χ1) is 13.5. The van der Waals surface area contributed by atoms with Gasteiger partial charge in [-0.2, -0.15) is 0 Å². The van der Waals surface area contributed by atoms with Gasteiger partial charge in [0.2, 0.25) is 0 Å². The molecule has 2 heterocycles. The van der Waals surface area contributed by atoms with Crippen LogP contribution < -0.4 is 15.4 Å². The summed E-state index contributed by atoms with van der Waals surface area (Å²) in [6.07, 6.45) is 2.99. The molecule has 0 saturated heterocycles. The third kappa shape index (κ3) is 5.87. The largest absolute Gasteiger partial charge is 0.487 e. The summed E-state index contributed by atoms with van der Waals surface area (Å²) < 4.78 is 11.6. The van der Waals surface area contributed by atoms with Gasteiger partial charge in [-0.3, -0.25) is 4.99 Å². The molecule has 6 nitrogen and oxygen atoms in total. The maximum absolute atomic E-state index is 6.12. The Kier molecular flexibility index (Phi) is 8.36. The lowest BCUT2D eigenvalue weighted by atomic mass is 9.90. The Morgan fingerprint density at radius 1 is 1.28 bits per heavy atom. The minimum atomic E-state index is -0.236. The predicted octanol–water partition coefficient (Wildman–Crippen LogP) is 5.16. The average Bonchev–Trinajstić information content (AvgIpc) is 3.14. The second-order valence-corrected chi connectivity index (χ2v) is 7.96. The van der Waals surface area contributed by atoms with Crippen LogP contribution in [0.1, 0.15) is 75.9 Å². The van der Waals surface area contributed by atoms with Gasteiger partial charge >= 0.3 is 0 Å². The quantitative estimate of drug-likeness (QED) is 0.318. The predicted molar refractivity (Wildman–Crippen MR) is 127 cm³/mol. The number of hydrogen-bond donors (Lipinski definition) is 2. The van der Waals surface area contributed by atoms with Gasteiger partial charge < -0.3 is 19.9 Å². The summed E-state index contributed by atoms with van der Waals surface area (Å²) in [5.41, 5.74) is 1.95. The van der Waals surface area contributed by atoms with Crippen molar-refractivity contribution in [1.29, 1.82) is 0 Å². The molecule has 0 bridgehead atoms. The third-order valence-corrected chi connectivity index (χ3v) is 5.32. The van der Waals surface area contributed by atoms with Crippen LogP contribution in [0.4, 0.5) is 0 Å². The van der Waals surface area contributed by atoms with E-state index in [0.29, 0.717) is 12.5 Å². The summed E-state index contributed by atoms with van der Waals surface area (Å²) in [4.78, 5) is 4.38. The first-order valence-electron chi connectivity index (χ1n) is 10.2. The van der Waals surface area contributed by atoms with Crippen LogP contribution in [0, 0.1) is 0 Å². The number of aliphatic imine (C=N–C) groups is 1. The molecule has 0 saturated carbocycles. The molecule has 160 valence electrons. The smallest absolute Gasteiger partial charge is 0.191 e. The van der Waals surface area contributed by atoms with E-state index in [2.05, 4.69) is 54.5 Å². The second kappa shape index (κ2) is 10.3. The van der Waals surface area contributed by atoms with E-state index in [4.69, 9.17) is 9.26 Å². The van der Waals surface area contributed by atoms with E-state index in [0.717, 1.165) is 48.0 Å². The van der Waals surface area contributed by atoms with Crippen molar-refractivity contribution in [2.75, 3.05) is 7.05 Å². The lowest BCUT2D eigenvalue weighted by Gasteiger charge is -2.38. The maximum Gasteiger partial charge on any atom is 0.191 e. The van der Waals surface area contributed by atoms with E-state index in [9.17, 15) is 0 Å². The third-order valence-electron chi connectivity index (χ3n) is 5.32. The van der Waals surface area contributed by atoms with Gasteiger partial charge in [-0.05, 0) is 32.8 Å². The zero-order valence-electron chi connectivity index (χ0n) is 18.0. The maximum atomic E-state index is 6.12. The van der Waals surface area contributed by atoms with Gasteiger partial charge in [0.15, 0.2) is 11.7 Å². The zero-order chi connectivity index (χ0) is 20.1. The second-order valence-electron chi connectivity index (χ2n) is 7.96. The summed E-state index contributed by atoms with van der Waals surface area (Å²) in [5, 5.41) is 11.1. The van der Waals surface area contributed by atoms with E-state index >= 15 is 0 Å². The summed E-state index contributed by atoms with van der Waals surface area (Å²) in [6.45, 7) is 9.13. The number of nitrogens with zero attached hydrogens (tertiary/aromatic N) is 2. The molecule has 0 aliphatic carbocycles. The van der Waals surface area contributed by atoms with E-state index < -0.39 is 0 Å². The van der Waals surface area contributed by atoms with Crippen LogP contribution in [0.2, 0.25) is 0 Å². The molecule has 1 aromatic heterocycles. The number of rotatable bonds is 6. The molecule has 29 heavy (non-hydrogen) atoms. The molecule has 3 rings (SSSR count). The number of aromatic nitrogens is 1. The van der Waals surface area contributed by atoms with Crippen LogP contribution >= 0.6 is 24.0 Å². The highest BCUT2D eigenvalue weighted by Gasteiger charge is 2.34. The number of nitrogens with one attached hydrogen (secondary N) is 2. The fourth-order valence-electron chi connectivity index (χ4n) is 3.77. The van der Waals surface area contributed by atoms with E-state index in [1.165, 1.54) is 0 Å². The highest BCUT2D eigenvalue weighted by atomic mass is 127. The van der Waals surface area contributed by atoms with Crippen molar-refractivity contribution in [2.45, 2.75) is 71.1 Å². The first kappa shape index (κ1) is 23.5. The first-order valence-corrected chi connectivity index (χ1v) is 10.2. The number of hydrogen-bond acceptors (Lipinski definition) is 4. The molecular formula is C22H33IN4O2. The highest BCUT2D eigenvalue weighted by Crippen LogP contribution is 2.39. The lowest BCUT2D eigenvalue weighted by molar-refractivity contribution is 0.0694. The van der Waals surface area contributed by atoms with Crippen molar-refractivity contribution in [3.05, 3.63) is 47.3 Å². The summed E-state index contributed by atoms with van der Waals surface area (Å²) in [7, 11) is 1.78. The van der Waals surface area contributed by atoms with Crippen molar-refractivity contribution in [3.8, 4) is 5.75 Å². The van der Waals surface area contributed by atoms with Gasteiger partial charge in [0.05, 0.1) is 18.3 Å².